The topological polar surface area (TPSA) is 64.3 Å². The van der Waals surface area contributed by atoms with E-state index in [2.05, 4.69) is 5.32 Å². The number of nitrogens with two attached hydrogens (primary N) is 1. The molecule has 0 aliphatic heterocycles. The van der Waals surface area contributed by atoms with Crippen LogP contribution in [0.4, 0.5) is 0 Å². The van der Waals surface area contributed by atoms with Crippen LogP contribution >= 0.6 is 0 Å². The molecule has 0 saturated heterocycles. The fourth-order valence-electron chi connectivity index (χ4n) is 2.11. The number of hydrogen-bond donors (Lipinski definition) is 2. The first kappa shape index (κ1) is 12.5. The minimum Gasteiger partial charge on any atom is -0.383 e. The number of carbonyl (C=O) groups is 1. The van der Waals surface area contributed by atoms with Crippen LogP contribution in [0.2, 0.25) is 0 Å². The SMILES string of the molecule is COCC(NCC1CCCCC1)C(N)=O. The zero-order valence-electron chi connectivity index (χ0n) is 9.50. The fraction of sp³-hybridized carbons (Fsp3) is 0.909. The van der Waals surface area contributed by atoms with Gasteiger partial charge in [0.15, 0.2) is 0 Å². The third kappa shape index (κ3) is 4.62. The van der Waals surface area contributed by atoms with Crippen LogP contribution in [-0.4, -0.2) is 32.2 Å². The molecule has 1 atom stereocenters. The Labute approximate surface area is 91.5 Å². The van der Waals surface area contributed by atoms with Crippen LogP contribution in [-0.2, 0) is 9.53 Å². The summed E-state index contributed by atoms with van der Waals surface area (Å²) < 4.78 is 4.94. The maximum absolute atomic E-state index is 11.0. The zero-order chi connectivity index (χ0) is 11.1. The molecular formula is C11H22N2O2. The van der Waals surface area contributed by atoms with Crippen LogP contribution in [0.5, 0.6) is 0 Å². The summed E-state index contributed by atoms with van der Waals surface area (Å²) >= 11 is 0. The number of nitrogens with one attached hydrogen (secondary N) is 1. The van der Waals surface area contributed by atoms with Gasteiger partial charge in [0, 0.05) is 7.11 Å². The maximum Gasteiger partial charge on any atom is 0.236 e. The monoisotopic (exact) mass is 214 g/mol. The molecule has 1 amide bonds. The summed E-state index contributed by atoms with van der Waals surface area (Å²) in [6.07, 6.45) is 6.53. The molecule has 88 valence electrons. The van der Waals surface area contributed by atoms with Crippen LogP contribution < -0.4 is 11.1 Å². The van der Waals surface area contributed by atoms with Gasteiger partial charge in [0.25, 0.3) is 0 Å². The van der Waals surface area contributed by atoms with E-state index in [0.717, 1.165) is 6.54 Å². The molecule has 1 fully saturated rings. The highest BCUT2D eigenvalue weighted by Crippen LogP contribution is 2.22. The first-order valence-electron chi connectivity index (χ1n) is 5.75. The van der Waals surface area contributed by atoms with Gasteiger partial charge in [-0.15, -0.1) is 0 Å². The summed E-state index contributed by atoms with van der Waals surface area (Å²) in [5, 5.41) is 3.19. The van der Waals surface area contributed by atoms with E-state index in [-0.39, 0.29) is 11.9 Å². The van der Waals surface area contributed by atoms with Gasteiger partial charge >= 0.3 is 0 Å². The molecule has 0 aromatic rings. The predicted octanol–water partition coefficient (Wildman–Crippen LogP) is 0.657. The maximum atomic E-state index is 11.0. The largest absolute Gasteiger partial charge is 0.383 e. The number of carbonyl (C=O) groups excluding carboxylic acids is 1. The predicted molar refractivity (Wildman–Crippen MR) is 59.4 cm³/mol. The second-order valence-corrected chi connectivity index (χ2v) is 4.32. The first-order valence-corrected chi connectivity index (χ1v) is 5.75. The van der Waals surface area contributed by atoms with Gasteiger partial charge in [0.2, 0.25) is 5.91 Å². The summed E-state index contributed by atoms with van der Waals surface area (Å²) in [5.74, 6) is 0.380. The molecule has 1 aliphatic carbocycles. The Morgan fingerprint density at radius 1 is 1.47 bits per heavy atom. The lowest BCUT2D eigenvalue weighted by atomic mass is 9.89. The summed E-state index contributed by atoms with van der Waals surface area (Å²) in [6.45, 7) is 1.25. The minimum atomic E-state index is -0.336. The lowest BCUT2D eigenvalue weighted by molar-refractivity contribution is -0.121. The van der Waals surface area contributed by atoms with Crippen molar-refractivity contribution in [1.29, 1.82) is 0 Å². The van der Waals surface area contributed by atoms with Crippen LogP contribution in [0.15, 0.2) is 0 Å². The van der Waals surface area contributed by atoms with E-state index in [9.17, 15) is 4.79 Å². The molecule has 0 aromatic heterocycles. The summed E-state index contributed by atoms with van der Waals surface area (Å²) in [7, 11) is 1.58. The highest BCUT2D eigenvalue weighted by atomic mass is 16.5. The van der Waals surface area contributed by atoms with Gasteiger partial charge < -0.3 is 15.8 Å². The number of amides is 1. The quantitative estimate of drug-likeness (QED) is 0.682. The third-order valence-corrected chi connectivity index (χ3v) is 3.05. The van der Waals surface area contributed by atoms with E-state index in [1.807, 2.05) is 0 Å². The Hall–Kier alpha value is -0.610. The van der Waals surface area contributed by atoms with Crippen LogP contribution in [0.25, 0.3) is 0 Å². The highest BCUT2D eigenvalue weighted by molar-refractivity contribution is 5.79. The van der Waals surface area contributed by atoms with Gasteiger partial charge in [0.05, 0.1) is 6.61 Å². The van der Waals surface area contributed by atoms with Crippen molar-refractivity contribution in [2.45, 2.75) is 38.1 Å². The van der Waals surface area contributed by atoms with E-state index in [4.69, 9.17) is 10.5 Å². The Balaban J connectivity index is 2.22. The van der Waals surface area contributed by atoms with Gasteiger partial charge in [0.1, 0.15) is 6.04 Å². The van der Waals surface area contributed by atoms with Crippen LogP contribution in [0.1, 0.15) is 32.1 Å². The lowest BCUT2D eigenvalue weighted by Crippen LogP contribution is -2.46. The zero-order valence-corrected chi connectivity index (χ0v) is 9.50. The molecule has 0 radical (unpaired) electrons. The molecule has 15 heavy (non-hydrogen) atoms. The molecule has 0 aromatic carbocycles. The van der Waals surface area contributed by atoms with Gasteiger partial charge in [-0.3, -0.25) is 4.79 Å². The number of ether oxygens (including phenoxy) is 1. The Kier molecular flexibility index (Phi) is 5.65. The summed E-state index contributed by atoms with van der Waals surface area (Å²) in [4.78, 5) is 11.0. The number of primary amides is 1. The molecule has 4 nitrogen and oxygen atoms in total. The van der Waals surface area contributed by atoms with Crippen molar-refractivity contribution in [3.05, 3.63) is 0 Å². The van der Waals surface area contributed by atoms with Gasteiger partial charge in [-0.25, -0.2) is 0 Å². The van der Waals surface area contributed by atoms with E-state index >= 15 is 0 Å². The molecular weight excluding hydrogens is 192 g/mol. The van der Waals surface area contributed by atoms with Gasteiger partial charge in [-0.1, -0.05) is 19.3 Å². The molecule has 1 saturated carbocycles. The normalized spacial score (nSPS) is 20.1. The van der Waals surface area contributed by atoms with Crippen molar-refractivity contribution in [1.82, 2.24) is 5.32 Å². The highest BCUT2D eigenvalue weighted by Gasteiger charge is 2.18. The van der Waals surface area contributed by atoms with E-state index in [1.54, 1.807) is 7.11 Å². The van der Waals surface area contributed by atoms with E-state index in [0.29, 0.717) is 12.5 Å². The third-order valence-electron chi connectivity index (χ3n) is 3.05. The van der Waals surface area contributed by atoms with Gasteiger partial charge in [-0.2, -0.15) is 0 Å². The van der Waals surface area contributed by atoms with E-state index < -0.39 is 0 Å². The second-order valence-electron chi connectivity index (χ2n) is 4.32. The van der Waals surface area contributed by atoms with E-state index in [1.165, 1.54) is 32.1 Å². The first-order chi connectivity index (χ1) is 7.24. The number of hydrogen-bond acceptors (Lipinski definition) is 3. The Morgan fingerprint density at radius 3 is 2.67 bits per heavy atom. The Morgan fingerprint density at radius 2 is 2.13 bits per heavy atom. The molecule has 0 heterocycles. The minimum absolute atomic E-state index is 0.326. The van der Waals surface area contributed by atoms with Crippen molar-refractivity contribution >= 4 is 5.91 Å². The summed E-state index contributed by atoms with van der Waals surface area (Å²) in [6, 6.07) is -0.336. The average Bonchev–Trinajstić information content (AvgIpc) is 2.25. The van der Waals surface area contributed by atoms with Crippen molar-refractivity contribution in [2.24, 2.45) is 11.7 Å². The van der Waals surface area contributed by atoms with Gasteiger partial charge in [-0.05, 0) is 25.3 Å². The van der Waals surface area contributed by atoms with Crippen LogP contribution in [0, 0.1) is 5.92 Å². The van der Waals surface area contributed by atoms with Crippen molar-refractivity contribution < 1.29 is 9.53 Å². The molecule has 0 bridgehead atoms. The van der Waals surface area contributed by atoms with Crippen LogP contribution in [0.3, 0.4) is 0 Å². The van der Waals surface area contributed by atoms with Crippen molar-refractivity contribution in [2.75, 3.05) is 20.3 Å². The molecule has 4 heteroatoms. The Bertz CT molecular complexity index is 191. The lowest BCUT2D eigenvalue weighted by Gasteiger charge is -2.24. The fourth-order valence-corrected chi connectivity index (χ4v) is 2.11. The molecule has 1 rings (SSSR count). The molecule has 3 N–H and O–H groups in total. The molecule has 0 spiro atoms. The summed E-state index contributed by atoms with van der Waals surface area (Å²) in [5.41, 5.74) is 5.26. The number of rotatable bonds is 6. The molecule has 1 unspecified atom stereocenters. The standard InChI is InChI=1S/C11H22N2O2/c1-15-8-10(11(12)14)13-7-9-5-3-2-4-6-9/h9-10,13H,2-8H2,1H3,(H2,12,14). The number of methoxy groups -OCH3 is 1. The average molecular weight is 214 g/mol. The molecule has 1 aliphatic rings. The second kappa shape index (κ2) is 6.80. The van der Waals surface area contributed by atoms with Crippen molar-refractivity contribution in [3.8, 4) is 0 Å². The van der Waals surface area contributed by atoms with Crippen molar-refractivity contribution in [3.63, 3.8) is 0 Å². The smallest absolute Gasteiger partial charge is 0.236 e.